The van der Waals surface area contributed by atoms with Crippen LogP contribution in [0.25, 0.3) is 5.69 Å². The third-order valence-electron chi connectivity index (χ3n) is 3.87. The number of aromatic amines is 1. The Bertz CT molecular complexity index is 920. The van der Waals surface area contributed by atoms with Crippen LogP contribution in [0.5, 0.6) is 17.4 Å². The van der Waals surface area contributed by atoms with E-state index >= 15 is 0 Å². The molecule has 0 atom stereocenters. The number of benzene rings is 2. The lowest BCUT2D eigenvalue weighted by molar-refractivity contribution is 0.427. The predicted octanol–water partition coefficient (Wildman–Crippen LogP) is 2.88. The maximum atomic E-state index is 12.6. The van der Waals surface area contributed by atoms with Crippen LogP contribution in [0.1, 0.15) is 16.7 Å². The first kappa shape index (κ1) is 12.8. The summed E-state index contributed by atoms with van der Waals surface area (Å²) in [7, 11) is 0. The van der Waals surface area contributed by atoms with E-state index in [2.05, 4.69) is 5.10 Å². The van der Waals surface area contributed by atoms with Crippen molar-refractivity contribution in [1.82, 2.24) is 9.78 Å². The van der Waals surface area contributed by atoms with Gasteiger partial charge in [-0.2, -0.15) is 0 Å². The number of hydrogen-bond donors (Lipinski definition) is 2. The van der Waals surface area contributed by atoms with Gasteiger partial charge in [0.1, 0.15) is 11.5 Å². The van der Waals surface area contributed by atoms with Crippen LogP contribution in [-0.4, -0.2) is 14.9 Å². The standard InChI is InChI=1S/C17H14N2O3/c1-10-2-5-12(6-3-10)19-17(21)14-8-11-4-7-13(20)9-15(11)22-16(14)18-19/h2-7,9,18,20H,8H2,1H3. The molecule has 1 aliphatic rings. The summed E-state index contributed by atoms with van der Waals surface area (Å²) in [5.41, 5.74) is 3.27. The van der Waals surface area contributed by atoms with Gasteiger partial charge < -0.3 is 9.84 Å². The second-order valence-corrected chi connectivity index (χ2v) is 5.47. The molecule has 3 aromatic rings. The highest BCUT2D eigenvalue weighted by molar-refractivity contribution is 5.50. The summed E-state index contributed by atoms with van der Waals surface area (Å²) in [6.07, 6.45) is 0.485. The molecule has 0 radical (unpaired) electrons. The van der Waals surface area contributed by atoms with Crippen LogP contribution in [0.2, 0.25) is 0 Å². The first-order chi connectivity index (χ1) is 10.6. The lowest BCUT2D eigenvalue weighted by Gasteiger charge is -2.15. The Kier molecular flexibility index (Phi) is 2.63. The van der Waals surface area contributed by atoms with E-state index in [1.807, 2.05) is 31.2 Å². The molecule has 0 saturated carbocycles. The number of aromatic nitrogens is 2. The number of rotatable bonds is 1. The Hall–Kier alpha value is -2.95. The molecule has 0 fully saturated rings. The van der Waals surface area contributed by atoms with Gasteiger partial charge >= 0.3 is 0 Å². The van der Waals surface area contributed by atoms with Gasteiger partial charge in [-0.25, -0.2) is 4.68 Å². The van der Waals surface area contributed by atoms with Crippen molar-refractivity contribution in [3.8, 4) is 23.1 Å². The molecule has 4 rings (SSSR count). The number of aryl methyl sites for hydroxylation is 1. The van der Waals surface area contributed by atoms with Crippen molar-refractivity contribution >= 4 is 0 Å². The highest BCUT2D eigenvalue weighted by Gasteiger charge is 2.24. The molecule has 0 unspecified atom stereocenters. The number of hydrogen-bond acceptors (Lipinski definition) is 3. The largest absolute Gasteiger partial charge is 0.508 e. The van der Waals surface area contributed by atoms with Gasteiger partial charge in [0.15, 0.2) is 0 Å². The van der Waals surface area contributed by atoms with Crippen LogP contribution in [0.15, 0.2) is 47.3 Å². The number of nitrogens with zero attached hydrogens (tertiary/aromatic N) is 1. The Morgan fingerprint density at radius 1 is 1.18 bits per heavy atom. The molecule has 1 aromatic heterocycles. The van der Waals surface area contributed by atoms with Crippen LogP contribution in [0.4, 0.5) is 0 Å². The fourth-order valence-electron chi connectivity index (χ4n) is 2.65. The summed E-state index contributed by atoms with van der Waals surface area (Å²) in [5.74, 6) is 1.15. The zero-order chi connectivity index (χ0) is 15.3. The number of phenols is 1. The van der Waals surface area contributed by atoms with Gasteiger partial charge in [0.2, 0.25) is 5.88 Å². The number of ether oxygens (including phenoxy) is 1. The number of aromatic hydroxyl groups is 1. The van der Waals surface area contributed by atoms with Crippen LogP contribution >= 0.6 is 0 Å². The number of H-pyrrole nitrogens is 1. The maximum absolute atomic E-state index is 12.6. The van der Waals surface area contributed by atoms with Crippen molar-refractivity contribution < 1.29 is 9.84 Å². The Balaban J connectivity index is 1.81. The maximum Gasteiger partial charge on any atom is 0.278 e. The molecule has 5 nitrogen and oxygen atoms in total. The Morgan fingerprint density at radius 3 is 2.73 bits per heavy atom. The molecular formula is C17H14N2O3. The van der Waals surface area contributed by atoms with E-state index < -0.39 is 0 Å². The summed E-state index contributed by atoms with van der Waals surface area (Å²) in [4.78, 5) is 12.6. The number of phenolic OH excluding ortho intramolecular Hbond substituents is 1. The van der Waals surface area contributed by atoms with E-state index in [1.165, 1.54) is 4.68 Å². The van der Waals surface area contributed by atoms with E-state index in [4.69, 9.17) is 4.74 Å². The van der Waals surface area contributed by atoms with Crippen LogP contribution in [-0.2, 0) is 6.42 Å². The van der Waals surface area contributed by atoms with Gasteiger partial charge in [0.05, 0.1) is 11.3 Å². The molecule has 2 heterocycles. The molecule has 0 spiro atoms. The zero-order valence-electron chi connectivity index (χ0n) is 12.0. The van der Waals surface area contributed by atoms with Crippen molar-refractivity contribution in [1.29, 1.82) is 0 Å². The molecule has 1 aliphatic heterocycles. The third-order valence-corrected chi connectivity index (χ3v) is 3.87. The molecule has 2 aromatic carbocycles. The minimum Gasteiger partial charge on any atom is -0.508 e. The molecule has 22 heavy (non-hydrogen) atoms. The van der Waals surface area contributed by atoms with Crippen molar-refractivity contribution in [3.05, 3.63) is 69.5 Å². The van der Waals surface area contributed by atoms with E-state index in [0.717, 1.165) is 16.8 Å². The van der Waals surface area contributed by atoms with Gasteiger partial charge in [-0.15, -0.1) is 0 Å². The second-order valence-electron chi connectivity index (χ2n) is 5.47. The Morgan fingerprint density at radius 2 is 1.95 bits per heavy atom. The van der Waals surface area contributed by atoms with Crippen molar-refractivity contribution in [3.63, 3.8) is 0 Å². The average Bonchev–Trinajstić information content (AvgIpc) is 2.82. The molecular weight excluding hydrogens is 280 g/mol. The van der Waals surface area contributed by atoms with Crippen molar-refractivity contribution in [2.45, 2.75) is 13.3 Å². The van der Waals surface area contributed by atoms with E-state index in [9.17, 15) is 9.90 Å². The van der Waals surface area contributed by atoms with Crippen LogP contribution in [0.3, 0.4) is 0 Å². The van der Waals surface area contributed by atoms with Gasteiger partial charge in [-0.3, -0.25) is 9.89 Å². The monoisotopic (exact) mass is 294 g/mol. The highest BCUT2D eigenvalue weighted by atomic mass is 16.5. The lowest BCUT2D eigenvalue weighted by Crippen LogP contribution is -2.18. The molecule has 0 aliphatic carbocycles. The summed E-state index contributed by atoms with van der Waals surface area (Å²) in [6.45, 7) is 2.00. The minimum absolute atomic E-state index is 0.113. The topological polar surface area (TPSA) is 67.2 Å². The van der Waals surface area contributed by atoms with Crippen molar-refractivity contribution in [2.75, 3.05) is 0 Å². The van der Waals surface area contributed by atoms with Crippen LogP contribution in [0, 0.1) is 6.92 Å². The van der Waals surface area contributed by atoms with Crippen molar-refractivity contribution in [2.24, 2.45) is 0 Å². The normalized spacial score (nSPS) is 12.4. The molecule has 2 N–H and O–H groups in total. The molecule has 0 amide bonds. The molecule has 5 heteroatoms. The summed E-state index contributed by atoms with van der Waals surface area (Å²) in [6, 6.07) is 12.6. The second kappa shape index (κ2) is 4.53. The predicted molar refractivity (Wildman–Crippen MR) is 82.1 cm³/mol. The fraction of sp³-hybridized carbons (Fsp3) is 0.118. The fourth-order valence-corrected chi connectivity index (χ4v) is 2.65. The first-order valence-electron chi connectivity index (χ1n) is 7.02. The van der Waals surface area contributed by atoms with Gasteiger partial charge in [-0.05, 0) is 30.7 Å². The van der Waals surface area contributed by atoms with Gasteiger partial charge in [0, 0.05) is 12.5 Å². The summed E-state index contributed by atoms with van der Waals surface area (Å²) >= 11 is 0. The first-order valence-corrected chi connectivity index (χ1v) is 7.02. The number of fused-ring (bicyclic) bond motifs is 2. The van der Waals surface area contributed by atoms with E-state index in [1.54, 1.807) is 18.2 Å². The highest BCUT2D eigenvalue weighted by Crippen LogP contribution is 2.36. The Labute approximate surface area is 126 Å². The summed E-state index contributed by atoms with van der Waals surface area (Å²) in [5, 5.41) is 12.5. The molecule has 0 bridgehead atoms. The van der Waals surface area contributed by atoms with E-state index in [0.29, 0.717) is 23.6 Å². The lowest BCUT2D eigenvalue weighted by atomic mass is 10.0. The third kappa shape index (κ3) is 1.90. The minimum atomic E-state index is -0.113. The van der Waals surface area contributed by atoms with Crippen LogP contribution < -0.4 is 10.3 Å². The quantitative estimate of drug-likeness (QED) is 0.567. The SMILES string of the molecule is Cc1ccc(-n2[nH]c3c(c2=O)Cc2ccc(O)cc2O3)cc1. The number of nitrogens with one attached hydrogen (secondary N) is 1. The van der Waals surface area contributed by atoms with Gasteiger partial charge in [0.25, 0.3) is 5.56 Å². The van der Waals surface area contributed by atoms with Gasteiger partial charge in [-0.1, -0.05) is 23.8 Å². The zero-order valence-corrected chi connectivity index (χ0v) is 12.0. The molecule has 0 saturated heterocycles. The average molecular weight is 294 g/mol. The smallest absolute Gasteiger partial charge is 0.278 e. The summed E-state index contributed by atoms with van der Waals surface area (Å²) < 4.78 is 7.21. The van der Waals surface area contributed by atoms with E-state index in [-0.39, 0.29) is 11.3 Å². The molecule has 110 valence electrons.